The molecule has 0 spiro atoms. The van der Waals surface area contributed by atoms with Crippen molar-refractivity contribution in [3.05, 3.63) is 187 Å². The van der Waals surface area contributed by atoms with Gasteiger partial charge in [0.25, 0.3) is 0 Å². The van der Waals surface area contributed by atoms with Crippen LogP contribution in [-0.4, -0.2) is 16.2 Å². The van der Waals surface area contributed by atoms with Crippen LogP contribution in [0.5, 0.6) is 0 Å². The molecule has 0 amide bonds. The number of aromatic nitrogens is 1. The number of aliphatic imine (C=N–C) groups is 2. The minimum atomic E-state index is -0.407. The van der Waals surface area contributed by atoms with E-state index >= 15 is 0 Å². The maximum absolute atomic E-state index is 6.58. The van der Waals surface area contributed by atoms with Crippen molar-refractivity contribution in [1.82, 2.24) is 9.88 Å². The highest BCUT2D eigenvalue weighted by Gasteiger charge is 2.28. The third-order valence-electron chi connectivity index (χ3n) is 11.0. The molecule has 0 fully saturated rings. The van der Waals surface area contributed by atoms with Gasteiger partial charge in [-0.05, 0) is 64.9 Å². The minimum Gasteiger partial charge on any atom is -0.456 e. The smallest absolute Gasteiger partial charge is 0.163 e. The second kappa shape index (κ2) is 11.5. The lowest BCUT2D eigenvalue weighted by Gasteiger charge is -2.25. The van der Waals surface area contributed by atoms with Gasteiger partial charge in [-0.3, -0.25) is 0 Å². The van der Waals surface area contributed by atoms with Crippen LogP contribution in [0.1, 0.15) is 22.9 Å². The highest BCUT2D eigenvalue weighted by Crippen LogP contribution is 2.42. The van der Waals surface area contributed by atoms with Crippen molar-refractivity contribution in [3.63, 3.8) is 0 Å². The van der Waals surface area contributed by atoms with Gasteiger partial charge < -0.3 is 18.7 Å². The summed E-state index contributed by atoms with van der Waals surface area (Å²) in [6.07, 6.45) is -0.407. The summed E-state index contributed by atoms with van der Waals surface area (Å²) >= 11 is 0. The first-order valence-corrected chi connectivity index (χ1v) is 18.5. The van der Waals surface area contributed by atoms with Crippen molar-refractivity contribution in [3.8, 4) is 5.69 Å². The van der Waals surface area contributed by atoms with Crippen molar-refractivity contribution in [2.75, 3.05) is 0 Å². The molecule has 0 saturated heterocycles. The molecule has 11 aromatic rings. The summed E-state index contributed by atoms with van der Waals surface area (Å²) < 4.78 is 15.5. The number of hydrogen-bond donors (Lipinski definition) is 1. The Balaban J connectivity index is 1.19. The molecule has 258 valence electrons. The molecule has 12 rings (SSSR count). The predicted molar refractivity (Wildman–Crippen MR) is 225 cm³/mol. The molecule has 6 nitrogen and oxygen atoms in total. The molecule has 1 N–H and O–H groups in total. The molecule has 4 heterocycles. The SMILES string of the molecule is c1ccc(C2N=C(c3cccc4c3oc3ccccc34)N=C(c3ccc4oc5ccccc5c4c3-n3c4ccccc4c4cc5ccccc5cc43)N2)cc1. The van der Waals surface area contributed by atoms with Crippen LogP contribution in [0.3, 0.4) is 0 Å². The van der Waals surface area contributed by atoms with Crippen LogP contribution < -0.4 is 5.32 Å². The molecule has 55 heavy (non-hydrogen) atoms. The molecular weight excluding hydrogens is 677 g/mol. The first-order chi connectivity index (χ1) is 27.3. The fraction of sp³-hybridized carbons (Fsp3) is 0.0204. The zero-order valence-corrected chi connectivity index (χ0v) is 29.4. The summed E-state index contributed by atoms with van der Waals surface area (Å²) in [7, 11) is 0. The Kier molecular flexibility index (Phi) is 6.30. The van der Waals surface area contributed by atoms with Crippen molar-refractivity contribution in [2.24, 2.45) is 9.98 Å². The molecule has 0 saturated carbocycles. The molecule has 0 bridgehead atoms. The largest absolute Gasteiger partial charge is 0.456 e. The van der Waals surface area contributed by atoms with Gasteiger partial charge in [0.05, 0.1) is 27.7 Å². The average molecular weight is 707 g/mol. The van der Waals surface area contributed by atoms with Gasteiger partial charge in [-0.1, -0.05) is 121 Å². The van der Waals surface area contributed by atoms with E-state index in [1.54, 1.807) is 0 Å². The third kappa shape index (κ3) is 4.49. The van der Waals surface area contributed by atoms with E-state index in [4.69, 9.17) is 18.8 Å². The summed E-state index contributed by atoms with van der Waals surface area (Å²) in [6.45, 7) is 0. The zero-order chi connectivity index (χ0) is 36.0. The molecule has 1 aliphatic heterocycles. The normalized spacial score (nSPS) is 14.7. The maximum Gasteiger partial charge on any atom is 0.163 e. The monoisotopic (exact) mass is 706 g/mol. The highest BCUT2D eigenvalue weighted by molar-refractivity contribution is 6.24. The van der Waals surface area contributed by atoms with E-state index in [1.165, 1.54) is 21.5 Å². The van der Waals surface area contributed by atoms with Crippen LogP contribution in [0.15, 0.2) is 189 Å². The number of rotatable bonds is 4. The number of nitrogens with one attached hydrogen (secondary N) is 1. The number of hydrogen-bond acceptors (Lipinski definition) is 5. The molecule has 1 aliphatic rings. The van der Waals surface area contributed by atoms with Gasteiger partial charge in [-0.25, -0.2) is 9.98 Å². The lowest BCUT2D eigenvalue weighted by Crippen LogP contribution is -2.34. The average Bonchev–Trinajstić information content (AvgIpc) is 3.92. The lowest BCUT2D eigenvalue weighted by atomic mass is 10.0. The van der Waals surface area contributed by atoms with Gasteiger partial charge in [-0.15, -0.1) is 0 Å². The number of amidine groups is 2. The van der Waals surface area contributed by atoms with Crippen LogP contribution in [0.25, 0.3) is 82.1 Å². The van der Waals surface area contributed by atoms with Crippen LogP contribution in [-0.2, 0) is 0 Å². The van der Waals surface area contributed by atoms with Crippen molar-refractivity contribution >= 4 is 88.1 Å². The lowest BCUT2D eigenvalue weighted by molar-refractivity contribution is 0.663. The fourth-order valence-corrected chi connectivity index (χ4v) is 8.55. The Labute approximate surface area is 314 Å². The van der Waals surface area contributed by atoms with Gasteiger partial charge in [0.15, 0.2) is 5.84 Å². The molecule has 6 heteroatoms. The van der Waals surface area contributed by atoms with Crippen LogP contribution in [0.2, 0.25) is 0 Å². The maximum atomic E-state index is 6.58. The predicted octanol–water partition coefficient (Wildman–Crippen LogP) is 12.2. The first-order valence-electron chi connectivity index (χ1n) is 18.5. The van der Waals surface area contributed by atoms with Gasteiger partial charge in [0, 0.05) is 32.5 Å². The summed E-state index contributed by atoms with van der Waals surface area (Å²) in [5.74, 6) is 1.31. The van der Waals surface area contributed by atoms with Gasteiger partial charge in [0.2, 0.25) is 0 Å². The molecule has 1 unspecified atom stereocenters. The van der Waals surface area contributed by atoms with E-state index in [0.29, 0.717) is 11.7 Å². The summed E-state index contributed by atoms with van der Waals surface area (Å²) in [5.41, 5.74) is 9.25. The topological polar surface area (TPSA) is 68.0 Å². The summed E-state index contributed by atoms with van der Waals surface area (Å²) in [6, 6.07) is 59.1. The zero-order valence-electron chi connectivity index (χ0n) is 29.4. The number of furan rings is 2. The molecule has 8 aromatic carbocycles. The Morgan fingerprint density at radius 3 is 2.04 bits per heavy atom. The molecule has 0 aliphatic carbocycles. The van der Waals surface area contributed by atoms with Crippen LogP contribution >= 0.6 is 0 Å². The quantitative estimate of drug-likeness (QED) is 0.198. The van der Waals surface area contributed by atoms with E-state index in [2.05, 4.69) is 143 Å². The van der Waals surface area contributed by atoms with Crippen molar-refractivity contribution in [1.29, 1.82) is 0 Å². The van der Waals surface area contributed by atoms with E-state index in [9.17, 15) is 0 Å². The first kappa shape index (κ1) is 30.1. The summed E-state index contributed by atoms with van der Waals surface area (Å²) in [5, 5.41) is 12.7. The standard InChI is InChI=1S/C49H30N4O2/c1-2-13-29(14-3-1)47-50-48(52-49(51-47)37-21-12-20-34-33-18-7-10-23-41(33)55-46(34)37)36-25-26-43-44(35-19-8-11-24-42(35)54-43)45(36)53-39-22-9-6-17-32(39)38-27-30-15-4-5-16-31(30)28-40(38)53/h1-28,47H,(H,50,51,52). The molecule has 0 radical (unpaired) electrons. The van der Waals surface area contributed by atoms with Crippen LogP contribution in [0.4, 0.5) is 0 Å². The number of fused-ring (bicyclic) bond motifs is 10. The van der Waals surface area contributed by atoms with Gasteiger partial charge in [-0.2, -0.15) is 0 Å². The third-order valence-corrected chi connectivity index (χ3v) is 11.0. The summed E-state index contributed by atoms with van der Waals surface area (Å²) in [4.78, 5) is 10.7. The highest BCUT2D eigenvalue weighted by atomic mass is 16.3. The van der Waals surface area contributed by atoms with E-state index in [0.717, 1.165) is 77.3 Å². The van der Waals surface area contributed by atoms with Gasteiger partial charge in [0.1, 0.15) is 34.3 Å². The van der Waals surface area contributed by atoms with E-state index in [-0.39, 0.29) is 0 Å². The van der Waals surface area contributed by atoms with Gasteiger partial charge >= 0.3 is 0 Å². The molecular formula is C49H30N4O2. The van der Waals surface area contributed by atoms with E-state index < -0.39 is 6.17 Å². The second-order valence-corrected chi connectivity index (χ2v) is 14.2. The van der Waals surface area contributed by atoms with Crippen molar-refractivity contribution < 1.29 is 8.83 Å². The molecule has 1 atom stereocenters. The fourth-order valence-electron chi connectivity index (χ4n) is 8.55. The Morgan fingerprint density at radius 2 is 1.18 bits per heavy atom. The Hall–Kier alpha value is -7.44. The van der Waals surface area contributed by atoms with E-state index in [1.807, 2.05) is 36.4 Å². The number of nitrogens with zero attached hydrogens (tertiary/aromatic N) is 3. The minimum absolute atomic E-state index is 0.407. The number of para-hydroxylation sites is 4. The van der Waals surface area contributed by atoms with Crippen LogP contribution in [0, 0.1) is 0 Å². The molecule has 3 aromatic heterocycles. The second-order valence-electron chi connectivity index (χ2n) is 14.2. The number of benzene rings is 8. The Morgan fingerprint density at radius 1 is 0.491 bits per heavy atom. The Bertz CT molecular complexity index is 3420. The van der Waals surface area contributed by atoms with Crippen molar-refractivity contribution in [2.45, 2.75) is 6.17 Å².